The summed E-state index contributed by atoms with van der Waals surface area (Å²) in [5.74, 6) is -2.41. The summed E-state index contributed by atoms with van der Waals surface area (Å²) in [6.07, 6.45) is 0.663. The molecule has 1 aromatic heterocycles. The second-order valence-electron chi connectivity index (χ2n) is 4.20. The van der Waals surface area contributed by atoms with Gasteiger partial charge in [-0.15, -0.1) is 11.3 Å². The van der Waals surface area contributed by atoms with Crippen molar-refractivity contribution in [2.75, 3.05) is 5.32 Å². The predicted molar refractivity (Wildman–Crippen MR) is 80.0 cm³/mol. The number of carboxylic acids is 1. The molecule has 0 fully saturated rings. The first kappa shape index (κ1) is 15.5. The summed E-state index contributed by atoms with van der Waals surface area (Å²) in [7, 11) is 0. The Bertz CT molecular complexity index is 714. The number of thiophene rings is 1. The average molecular weight is 328 g/mol. The van der Waals surface area contributed by atoms with Crippen molar-refractivity contribution in [2.24, 2.45) is 0 Å². The lowest BCUT2D eigenvalue weighted by molar-refractivity contribution is 0.0698. The molecule has 1 amide bonds. The third-order valence-electron chi connectivity index (χ3n) is 2.77. The van der Waals surface area contributed by atoms with E-state index in [0.29, 0.717) is 6.42 Å². The Kier molecular flexibility index (Phi) is 4.59. The van der Waals surface area contributed by atoms with Crippen LogP contribution in [-0.2, 0) is 6.42 Å². The van der Waals surface area contributed by atoms with Gasteiger partial charge in [0.05, 0.1) is 10.6 Å². The zero-order chi connectivity index (χ0) is 15.6. The molecule has 110 valence electrons. The summed E-state index contributed by atoms with van der Waals surface area (Å²) in [5.41, 5.74) is 0.0966. The Morgan fingerprint density at radius 1 is 1.38 bits per heavy atom. The Labute approximate surface area is 129 Å². The number of aromatic carboxylic acids is 1. The molecule has 0 unspecified atom stereocenters. The summed E-state index contributed by atoms with van der Waals surface area (Å²) in [4.78, 5) is 24.0. The molecule has 0 radical (unpaired) electrons. The number of hydrogen-bond donors (Lipinski definition) is 2. The van der Waals surface area contributed by atoms with Crippen molar-refractivity contribution in [1.29, 1.82) is 0 Å². The summed E-state index contributed by atoms with van der Waals surface area (Å²) in [6.45, 7) is 1.89. The largest absolute Gasteiger partial charge is 0.478 e. The Balaban J connectivity index is 2.28. The van der Waals surface area contributed by atoms with Gasteiger partial charge in [0.2, 0.25) is 0 Å². The van der Waals surface area contributed by atoms with Crippen molar-refractivity contribution in [3.63, 3.8) is 0 Å². The van der Waals surface area contributed by atoms with E-state index in [0.717, 1.165) is 10.9 Å². The molecule has 0 spiro atoms. The van der Waals surface area contributed by atoms with Crippen LogP contribution in [0.1, 0.15) is 32.5 Å². The number of amides is 1. The van der Waals surface area contributed by atoms with Crippen LogP contribution in [0.5, 0.6) is 0 Å². The highest BCUT2D eigenvalue weighted by Crippen LogP contribution is 2.29. The van der Waals surface area contributed by atoms with E-state index in [-0.39, 0.29) is 21.2 Å². The molecule has 0 saturated heterocycles. The number of halogens is 2. The van der Waals surface area contributed by atoms with Gasteiger partial charge in [-0.3, -0.25) is 4.79 Å². The molecule has 1 aromatic carbocycles. The molecular weight excluding hydrogens is 317 g/mol. The average Bonchev–Trinajstić information content (AvgIpc) is 2.85. The standard InChI is InChI=1S/C14H11ClFNO3S/c1-2-8-6-9(14(19)20)13(21-8)17-12(18)7-3-4-10(15)11(16)5-7/h3-6H,2H2,1H3,(H,17,18)(H,19,20). The number of rotatable bonds is 4. The van der Waals surface area contributed by atoms with Crippen molar-refractivity contribution in [2.45, 2.75) is 13.3 Å². The Morgan fingerprint density at radius 2 is 2.10 bits per heavy atom. The van der Waals surface area contributed by atoms with Crippen LogP contribution >= 0.6 is 22.9 Å². The van der Waals surface area contributed by atoms with Gasteiger partial charge >= 0.3 is 5.97 Å². The fourth-order valence-electron chi connectivity index (χ4n) is 1.68. The maximum atomic E-state index is 13.3. The summed E-state index contributed by atoms with van der Waals surface area (Å²) in [5, 5.41) is 11.8. The molecule has 21 heavy (non-hydrogen) atoms. The van der Waals surface area contributed by atoms with Gasteiger partial charge in [-0.1, -0.05) is 18.5 Å². The predicted octanol–water partition coefficient (Wildman–Crippen LogP) is 4.05. The summed E-state index contributed by atoms with van der Waals surface area (Å²) in [6, 6.07) is 5.17. The molecular formula is C14H11ClFNO3S. The molecule has 4 nitrogen and oxygen atoms in total. The monoisotopic (exact) mass is 327 g/mol. The van der Waals surface area contributed by atoms with Gasteiger partial charge in [-0.25, -0.2) is 9.18 Å². The van der Waals surface area contributed by atoms with Crippen LogP contribution in [0, 0.1) is 5.82 Å². The highest BCUT2D eigenvalue weighted by Gasteiger charge is 2.18. The van der Waals surface area contributed by atoms with E-state index in [1.807, 2.05) is 6.92 Å². The fraction of sp³-hybridized carbons (Fsp3) is 0.143. The normalized spacial score (nSPS) is 10.4. The van der Waals surface area contributed by atoms with Crippen molar-refractivity contribution in [3.8, 4) is 0 Å². The molecule has 0 saturated carbocycles. The first-order chi connectivity index (χ1) is 9.92. The van der Waals surface area contributed by atoms with Crippen molar-refractivity contribution >= 4 is 39.8 Å². The number of carbonyl (C=O) groups is 2. The highest BCUT2D eigenvalue weighted by atomic mass is 35.5. The smallest absolute Gasteiger partial charge is 0.338 e. The number of carbonyl (C=O) groups excluding carboxylic acids is 1. The molecule has 2 aromatic rings. The van der Waals surface area contributed by atoms with Crippen molar-refractivity contribution < 1.29 is 19.1 Å². The number of nitrogens with one attached hydrogen (secondary N) is 1. The third kappa shape index (κ3) is 3.40. The van der Waals surface area contributed by atoms with Crippen LogP contribution in [-0.4, -0.2) is 17.0 Å². The van der Waals surface area contributed by atoms with Crippen LogP contribution in [0.3, 0.4) is 0 Å². The van der Waals surface area contributed by atoms with E-state index >= 15 is 0 Å². The Hall–Kier alpha value is -1.92. The molecule has 0 aliphatic heterocycles. The first-order valence-electron chi connectivity index (χ1n) is 6.04. The van der Waals surface area contributed by atoms with Crippen LogP contribution in [0.15, 0.2) is 24.3 Å². The van der Waals surface area contributed by atoms with E-state index in [1.165, 1.54) is 29.5 Å². The van der Waals surface area contributed by atoms with Gasteiger partial charge in [-0.05, 0) is 30.7 Å². The van der Waals surface area contributed by atoms with Gasteiger partial charge in [0.25, 0.3) is 5.91 Å². The first-order valence-corrected chi connectivity index (χ1v) is 7.24. The topological polar surface area (TPSA) is 66.4 Å². The van der Waals surface area contributed by atoms with E-state index in [1.54, 1.807) is 0 Å². The van der Waals surface area contributed by atoms with Gasteiger partial charge in [0, 0.05) is 10.4 Å². The molecule has 0 aliphatic carbocycles. The molecule has 7 heteroatoms. The zero-order valence-corrected chi connectivity index (χ0v) is 12.5. The van der Waals surface area contributed by atoms with Crippen LogP contribution in [0.2, 0.25) is 5.02 Å². The lowest BCUT2D eigenvalue weighted by atomic mass is 10.2. The summed E-state index contributed by atoms with van der Waals surface area (Å²) >= 11 is 6.74. The van der Waals surface area contributed by atoms with Crippen LogP contribution < -0.4 is 5.32 Å². The van der Waals surface area contributed by atoms with Gasteiger partial charge in [0.1, 0.15) is 10.8 Å². The lowest BCUT2D eigenvalue weighted by Gasteiger charge is -2.05. The molecule has 0 bridgehead atoms. The molecule has 2 rings (SSSR count). The van der Waals surface area contributed by atoms with Gasteiger partial charge < -0.3 is 10.4 Å². The number of benzene rings is 1. The Morgan fingerprint density at radius 3 is 2.67 bits per heavy atom. The van der Waals surface area contributed by atoms with Crippen molar-refractivity contribution in [3.05, 3.63) is 51.1 Å². The van der Waals surface area contributed by atoms with Gasteiger partial charge in [0.15, 0.2) is 0 Å². The minimum Gasteiger partial charge on any atom is -0.478 e. The molecule has 2 N–H and O–H groups in total. The highest BCUT2D eigenvalue weighted by molar-refractivity contribution is 7.16. The van der Waals surface area contributed by atoms with Crippen LogP contribution in [0.4, 0.5) is 9.39 Å². The molecule has 0 aliphatic rings. The number of hydrogen-bond acceptors (Lipinski definition) is 3. The number of carboxylic acid groups (broad SMARTS) is 1. The SMILES string of the molecule is CCc1cc(C(=O)O)c(NC(=O)c2ccc(Cl)c(F)c2)s1. The minimum absolute atomic E-state index is 0.0274. The summed E-state index contributed by atoms with van der Waals surface area (Å²) < 4.78 is 13.3. The van der Waals surface area contributed by atoms with Crippen LogP contribution in [0.25, 0.3) is 0 Å². The van der Waals surface area contributed by atoms with Crippen molar-refractivity contribution in [1.82, 2.24) is 0 Å². The van der Waals surface area contributed by atoms with Gasteiger partial charge in [-0.2, -0.15) is 0 Å². The third-order valence-corrected chi connectivity index (χ3v) is 4.27. The number of aryl methyl sites for hydroxylation is 1. The number of anilines is 1. The maximum Gasteiger partial charge on any atom is 0.338 e. The maximum absolute atomic E-state index is 13.3. The molecule has 0 atom stereocenters. The fourth-order valence-corrected chi connectivity index (χ4v) is 2.78. The zero-order valence-electron chi connectivity index (χ0n) is 10.9. The van der Waals surface area contributed by atoms with E-state index in [2.05, 4.69) is 5.32 Å². The molecule has 1 heterocycles. The van der Waals surface area contributed by atoms with E-state index < -0.39 is 17.7 Å². The van der Waals surface area contributed by atoms with E-state index in [9.17, 15) is 14.0 Å². The second kappa shape index (κ2) is 6.24. The quantitative estimate of drug-likeness (QED) is 0.890. The minimum atomic E-state index is -1.12. The van der Waals surface area contributed by atoms with E-state index in [4.69, 9.17) is 16.7 Å². The second-order valence-corrected chi connectivity index (χ2v) is 5.74. The lowest BCUT2D eigenvalue weighted by Crippen LogP contribution is -2.13.